The van der Waals surface area contributed by atoms with Crippen LogP contribution in [-0.4, -0.2) is 46.6 Å². The number of hydrogen-bond acceptors (Lipinski definition) is 11. The van der Waals surface area contributed by atoms with E-state index in [9.17, 15) is 27.8 Å². The van der Waals surface area contributed by atoms with Gasteiger partial charge in [0.15, 0.2) is 6.04 Å². The molecular formula is C25H17Cl2N8NaO6S. The molecule has 5 rings (SSSR count). The molecule has 2 amide bonds. The van der Waals surface area contributed by atoms with Crippen molar-refractivity contribution < 1.29 is 57.0 Å². The quantitative estimate of drug-likeness (QED) is 0.104. The summed E-state index contributed by atoms with van der Waals surface area (Å²) in [6, 6.07) is 11.1. The van der Waals surface area contributed by atoms with Crippen molar-refractivity contribution in [1.29, 1.82) is 0 Å². The molecule has 0 aliphatic carbocycles. The molecule has 0 spiro atoms. The standard InChI is InChI=1S/C25H18Cl2N8O6S.Na/c1-12-4-3-5-16(26)22(12)34-24(37)21(13(2)32-34)31-30-18-11-15(7-9-20(18)42(39,40)41)28-23(36)14-6-8-17-19(10-14)35(38)33-25(27)29-17;/h3-11,21H,1-2H3,(H,28,36)(H,39,40,41);/q;+1/p-1. The van der Waals surface area contributed by atoms with Crippen molar-refractivity contribution in [2.24, 2.45) is 15.3 Å². The SMILES string of the molecule is CC1=NN(c2c(C)cccc2Cl)C(=O)C1N=Nc1cc(NC(=O)c2ccc3nc(Cl)n[n+]([O-])c3c2)ccc1S(=O)(=O)[O-].[Na+]. The molecule has 4 aromatic rings. The average molecular weight is 651 g/mol. The van der Waals surface area contributed by atoms with Crippen molar-refractivity contribution in [3.05, 3.63) is 81.2 Å². The summed E-state index contributed by atoms with van der Waals surface area (Å²) < 4.78 is 35.7. The van der Waals surface area contributed by atoms with Crippen LogP contribution in [0.25, 0.3) is 11.0 Å². The van der Waals surface area contributed by atoms with Gasteiger partial charge in [-0.3, -0.25) is 9.59 Å². The molecule has 1 aliphatic heterocycles. The van der Waals surface area contributed by atoms with Gasteiger partial charge in [0, 0.05) is 22.4 Å². The third-order valence-electron chi connectivity index (χ3n) is 6.09. The average Bonchev–Trinajstić information content (AvgIpc) is 3.18. The maximum Gasteiger partial charge on any atom is 1.00 e. The van der Waals surface area contributed by atoms with E-state index in [4.69, 9.17) is 23.2 Å². The first kappa shape index (κ1) is 32.3. The number of para-hydroxylation sites is 1. The second-order valence-corrected chi connectivity index (χ2v) is 11.1. The zero-order valence-corrected chi connectivity index (χ0v) is 26.8. The summed E-state index contributed by atoms with van der Waals surface area (Å²) in [5.41, 5.74) is 1.14. The number of fused-ring (bicyclic) bond motifs is 1. The van der Waals surface area contributed by atoms with Gasteiger partial charge in [-0.1, -0.05) is 23.7 Å². The van der Waals surface area contributed by atoms with E-state index in [1.807, 2.05) is 0 Å². The first-order valence-corrected chi connectivity index (χ1v) is 14.0. The fourth-order valence-electron chi connectivity index (χ4n) is 4.11. The number of amides is 2. The Hall–Kier alpha value is -3.57. The molecule has 3 aromatic carbocycles. The smallest absolute Gasteiger partial charge is 0.744 e. The molecule has 1 unspecified atom stereocenters. The van der Waals surface area contributed by atoms with Crippen LogP contribution in [-0.2, 0) is 14.9 Å². The van der Waals surface area contributed by atoms with Crippen LogP contribution in [0, 0.1) is 12.1 Å². The third-order valence-corrected chi connectivity index (χ3v) is 7.44. The number of anilines is 2. The second kappa shape index (κ2) is 12.6. The maximum atomic E-state index is 13.2. The van der Waals surface area contributed by atoms with E-state index < -0.39 is 38.6 Å². The van der Waals surface area contributed by atoms with Gasteiger partial charge in [-0.05, 0) is 72.3 Å². The number of carbonyl (C=O) groups excluding carboxylic acids is 2. The Bertz CT molecular complexity index is 1950. The number of halogens is 2. The van der Waals surface area contributed by atoms with Crippen LogP contribution >= 0.6 is 23.2 Å². The molecule has 0 saturated carbocycles. The van der Waals surface area contributed by atoms with Crippen molar-refractivity contribution in [2.75, 3.05) is 10.3 Å². The zero-order chi connectivity index (χ0) is 30.3. The molecule has 1 atom stereocenters. The molecule has 214 valence electrons. The number of azo groups is 1. The second-order valence-electron chi connectivity index (χ2n) is 8.96. The summed E-state index contributed by atoms with van der Waals surface area (Å²) in [5, 5.41) is 31.3. The van der Waals surface area contributed by atoms with Crippen molar-refractivity contribution in [1.82, 2.24) is 10.1 Å². The number of aromatic nitrogens is 3. The summed E-state index contributed by atoms with van der Waals surface area (Å²) in [6.07, 6.45) is 0. The van der Waals surface area contributed by atoms with Gasteiger partial charge in [0.1, 0.15) is 21.3 Å². The van der Waals surface area contributed by atoms with Gasteiger partial charge < -0.3 is 15.1 Å². The van der Waals surface area contributed by atoms with E-state index in [0.717, 1.165) is 17.1 Å². The number of hydrogen-bond donors (Lipinski definition) is 1. The number of nitrogens with zero attached hydrogens (tertiary/aromatic N) is 7. The third kappa shape index (κ3) is 6.67. The van der Waals surface area contributed by atoms with Gasteiger partial charge in [-0.15, -0.1) is 0 Å². The molecule has 0 saturated heterocycles. The van der Waals surface area contributed by atoms with E-state index in [0.29, 0.717) is 11.3 Å². The van der Waals surface area contributed by atoms with Crippen molar-refractivity contribution in [3.63, 3.8) is 0 Å². The topological polar surface area (TPSA) is 196 Å². The van der Waals surface area contributed by atoms with Crippen LogP contribution in [0.1, 0.15) is 22.8 Å². The largest absolute Gasteiger partial charge is 1.00 e. The minimum absolute atomic E-state index is 0. The molecule has 43 heavy (non-hydrogen) atoms. The Morgan fingerprint density at radius 1 is 1.12 bits per heavy atom. The monoisotopic (exact) mass is 650 g/mol. The van der Waals surface area contributed by atoms with E-state index in [1.165, 1.54) is 31.2 Å². The predicted molar refractivity (Wildman–Crippen MR) is 151 cm³/mol. The van der Waals surface area contributed by atoms with Gasteiger partial charge >= 0.3 is 29.6 Å². The first-order chi connectivity index (χ1) is 19.8. The minimum atomic E-state index is -5.02. The summed E-state index contributed by atoms with van der Waals surface area (Å²) in [7, 11) is -5.02. The van der Waals surface area contributed by atoms with Crippen molar-refractivity contribution >= 4 is 78.9 Å². The van der Waals surface area contributed by atoms with Gasteiger partial charge in [0.2, 0.25) is 0 Å². The molecular weight excluding hydrogens is 634 g/mol. The summed E-state index contributed by atoms with van der Waals surface area (Å²) in [4.78, 5) is 29.5. The molecule has 14 nitrogen and oxygen atoms in total. The van der Waals surface area contributed by atoms with E-state index in [1.54, 1.807) is 25.1 Å². The van der Waals surface area contributed by atoms with Crippen LogP contribution in [0.15, 0.2) is 74.8 Å². The number of hydrazone groups is 1. The number of nitrogens with one attached hydrogen (secondary N) is 1. The van der Waals surface area contributed by atoms with Crippen LogP contribution in [0.3, 0.4) is 0 Å². The Balaban J connectivity index is 0.00000423. The molecule has 0 bridgehead atoms. The summed E-state index contributed by atoms with van der Waals surface area (Å²) in [6.45, 7) is 3.28. The Morgan fingerprint density at radius 2 is 1.86 bits per heavy atom. The van der Waals surface area contributed by atoms with Gasteiger partial charge in [-0.2, -0.15) is 20.3 Å². The van der Waals surface area contributed by atoms with E-state index in [-0.39, 0.29) is 72.7 Å². The minimum Gasteiger partial charge on any atom is -0.744 e. The Labute approximate surface area is 276 Å². The number of aryl methyl sites for hydroxylation is 1. The molecule has 0 fully saturated rings. The summed E-state index contributed by atoms with van der Waals surface area (Å²) in [5.74, 6) is -1.28. The predicted octanol–water partition coefficient (Wildman–Crippen LogP) is 0.914. The summed E-state index contributed by atoms with van der Waals surface area (Å²) >= 11 is 12.0. The molecule has 2 heterocycles. The van der Waals surface area contributed by atoms with Crippen LogP contribution in [0.5, 0.6) is 0 Å². The molecule has 18 heteroatoms. The molecule has 1 N–H and O–H groups in total. The maximum absolute atomic E-state index is 13.2. The Kier molecular flexibility index (Phi) is 9.46. The van der Waals surface area contributed by atoms with Gasteiger partial charge in [0.25, 0.3) is 22.6 Å². The zero-order valence-electron chi connectivity index (χ0n) is 22.5. The molecule has 1 aliphatic rings. The van der Waals surface area contributed by atoms with Crippen molar-refractivity contribution in [2.45, 2.75) is 24.8 Å². The van der Waals surface area contributed by atoms with Crippen molar-refractivity contribution in [3.8, 4) is 0 Å². The molecule has 0 radical (unpaired) electrons. The first-order valence-electron chi connectivity index (χ1n) is 11.9. The van der Waals surface area contributed by atoms with Crippen LogP contribution in [0.4, 0.5) is 17.1 Å². The van der Waals surface area contributed by atoms with Crippen LogP contribution < -0.4 is 44.7 Å². The number of carbonyl (C=O) groups is 2. The fourth-order valence-corrected chi connectivity index (χ4v) is 5.16. The fraction of sp³-hybridized carbons (Fsp3) is 0.120. The van der Waals surface area contributed by atoms with Gasteiger partial charge in [-0.25, -0.2) is 13.4 Å². The molecule has 1 aromatic heterocycles. The van der Waals surface area contributed by atoms with Crippen LogP contribution in [0.2, 0.25) is 10.3 Å². The normalized spacial score (nSPS) is 15.1. The van der Waals surface area contributed by atoms with E-state index in [2.05, 4.69) is 30.7 Å². The Morgan fingerprint density at radius 3 is 2.56 bits per heavy atom. The number of rotatable bonds is 6. The van der Waals surface area contributed by atoms with E-state index >= 15 is 0 Å². The number of benzene rings is 3. The van der Waals surface area contributed by atoms with Gasteiger partial charge in [0.05, 0.1) is 21.3 Å².